The minimum absolute atomic E-state index is 0.472. The Bertz CT molecular complexity index is 36.9. The van der Waals surface area contributed by atoms with Crippen molar-refractivity contribution >= 4 is 0 Å². The second kappa shape index (κ2) is 3.20. The number of nitrogens with zero attached hydrogens (tertiary/aromatic N) is 2. The zero-order chi connectivity index (χ0) is 4.12. The van der Waals surface area contributed by atoms with Gasteiger partial charge in [0.1, 0.15) is 9.81 Å². The van der Waals surface area contributed by atoms with Crippen LogP contribution in [0.4, 0.5) is 0 Å². The molecule has 5 heavy (non-hydrogen) atoms. The fourth-order valence-electron chi connectivity index (χ4n) is 0.0236. The van der Waals surface area contributed by atoms with Crippen molar-refractivity contribution in [3.05, 3.63) is 9.81 Å². The fraction of sp³-hybridized carbons (Fsp3) is 1.00. The van der Waals surface area contributed by atoms with Gasteiger partial charge in [-0.3, -0.25) is 0 Å². The molecule has 0 aliphatic carbocycles. The van der Waals surface area contributed by atoms with Crippen LogP contribution in [0.25, 0.3) is 0 Å². The summed E-state index contributed by atoms with van der Waals surface area (Å²) >= 11 is 0. The van der Waals surface area contributed by atoms with Crippen molar-refractivity contribution in [1.29, 1.82) is 0 Å². The molecule has 4 heteroatoms. The summed E-state index contributed by atoms with van der Waals surface area (Å²) in [5.41, 5.74) is 0. The van der Waals surface area contributed by atoms with E-state index >= 15 is 0 Å². The van der Waals surface area contributed by atoms with Gasteiger partial charge in [-0.15, -0.1) is 0 Å². The predicted octanol–water partition coefficient (Wildman–Crippen LogP) is -0.852. The van der Waals surface area contributed by atoms with E-state index in [4.69, 9.17) is 9.81 Å². The number of hydrogen-bond donors (Lipinski definition) is 0. The summed E-state index contributed by atoms with van der Waals surface area (Å²) in [4.78, 5) is 17.7. The molecule has 26 valence electrons. The van der Waals surface area contributed by atoms with E-state index in [9.17, 15) is 0 Å². The van der Waals surface area contributed by atoms with E-state index in [1.54, 1.807) is 0 Å². The highest BCUT2D eigenvalue weighted by Crippen LogP contribution is 1.28. The first-order valence-corrected chi connectivity index (χ1v) is 0.998. The maximum absolute atomic E-state index is 8.86. The molecule has 0 bridgehead atoms. The molecule has 4 nitrogen and oxygen atoms in total. The lowest BCUT2D eigenvalue weighted by molar-refractivity contribution is 0.872. The van der Waals surface area contributed by atoms with E-state index < -0.39 is 6.67 Å². The quantitative estimate of drug-likeness (QED) is 0.428. The highest BCUT2D eigenvalue weighted by molar-refractivity contribution is 4.17. The number of rotatable bonds is 2. The summed E-state index contributed by atoms with van der Waals surface area (Å²) in [6.07, 6.45) is 0. The lowest BCUT2D eigenvalue weighted by Gasteiger charge is -1.16. The third-order valence-electron chi connectivity index (χ3n) is 0.115. The zero-order valence-electron chi connectivity index (χ0n) is 2.42. The summed E-state index contributed by atoms with van der Waals surface area (Å²) in [6.45, 7) is -0.472. The Kier molecular flexibility index (Phi) is 2.69. The molecule has 0 amide bonds. The van der Waals surface area contributed by atoms with E-state index in [1.165, 1.54) is 0 Å². The molecule has 0 atom stereocenters. The molecule has 0 unspecified atom stereocenters. The van der Waals surface area contributed by atoms with Crippen LogP contribution >= 0.6 is 0 Å². The van der Waals surface area contributed by atoms with Crippen molar-refractivity contribution in [3.63, 3.8) is 0 Å². The summed E-state index contributed by atoms with van der Waals surface area (Å²) in [5, 5.41) is 4.25. The Morgan fingerprint density at radius 1 is 1.20 bits per heavy atom. The van der Waals surface area contributed by atoms with Gasteiger partial charge in [0.05, 0.1) is 0 Å². The molecule has 0 N–H and O–H groups in total. The van der Waals surface area contributed by atoms with Crippen LogP contribution in [0.2, 0.25) is 0 Å². The van der Waals surface area contributed by atoms with Crippen LogP contribution in [0.5, 0.6) is 0 Å². The van der Waals surface area contributed by atoms with E-state index in [0.717, 1.165) is 0 Å². The highest BCUT2D eigenvalue weighted by atomic mass is 16.3. The molecular formula is CH2N2O2+2. The van der Waals surface area contributed by atoms with Crippen LogP contribution in [-0.4, -0.2) is 6.67 Å². The second-order valence-corrected chi connectivity index (χ2v) is 0.400. The molecule has 0 aromatic rings. The molecule has 0 rings (SSSR count). The molecule has 0 aliphatic heterocycles. The third kappa shape index (κ3) is 3.20. The van der Waals surface area contributed by atoms with Crippen molar-refractivity contribution in [1.82, 2.24) is 10.4 Å². The van der Waals surface area contributed by atoms with E-state index in [0.29, 0.717) is 0 Å². The topological polar surface area (TPSA) is 62.3 Å². The molecule has 0 saturated heterocycles. The van der Waals surface area contributed by atoms with E-state index in [2.05, 4.69) is 10.4 Å². The molecular weight excluding hydrogens is 72.0 g/mol. The van der Waals surface area contributed by atoms with Gasteiger partial charge in [-0.05, 0) is 0 Å². The molecule has 2 radical (unpaired) electrons. The van der Waals surface area contributed by atoms with Crippen molar-refractivity contribution < 1.29 is 0 Å². The van der Waals surface area contributed by atoms with Gasteiger partial charge >= 0.3 is 17.0 Å². The first kappa shape index (κ1) is 4.20. The molecule has 0 aliphatic rings. The van der Waals surface area contributed by atoms with Crippen LogP contribution in [0.1, 0.15) is 0 Å². The molecule has 0 fully saturated rings. The van der Waals surface area contributed by atoms with Crippen LogP contribution < -0.4 is 10.4 Å². The van der Waals surface area contributed by atoms with Crippen molar-refractivity contribution in [2.75, 3.05) is 6.67 Å². The second-order valence-electron chi connectivity index (χ2n) is 0.400. The minimum Gasteiger partial charge on any atom is 0.106 e. The average Bonchev–Trinajstić information content (AvgIpc) is 1.41. The smallest absolute Gasteiger partial charge is 0.106 e. The summed E-state index contributed by atoms with van der Waals surface area (Å²) in [7, 11) is 0. The summed E-state index contributed by atoms with van der Waals surface area (Å²) in [5.74, 6) is 0. The Hall–Kier alpha value is -0.800. The lowest BCUT2D eigenvalue weighted by atomic mass is 11.3. The Morgan fingerprint density at radius 2 is 1.60 bits per heavy atom. The maximum Gasteiger partial charge on any atom is 0.565 e. The minimum atomic E-state index is -0.472. The maximum atomic E-state index is 8.86. The molecule has 0 aromatic heterocycles. The molecule has 0 heterocycles. The van der Waals surface area contributed by atoms with Crippen LogP contribution in [0, 0.1) is 9.81 Å². The van der Waals surface area contributed by atoms with Gasteiger partial charge < -0.3 is 0 Å². The lowest BCUT2D eigenvalue weighted by Crippen LogP contribution is -1.91. The van der Waals surface area contributed by atoms with Crippen molar-refractivity contribution in [3.8, 4) is 0 Å². The standard InChI is InChI=1S/CH2N2O2/c4-2-1-3-5/h1H2/q+2. The molecule has 0 spiro atoms. The van der Waals surface area contributed by atoms with Gasteiger partial charge in [0, 0.05) is 0 Å². The predicted molar refractivity (Wildman–Crippen MR) is 15.9 cm³/mol. The normalized spacial score (nSPS) is 6.40. The number of hydrogen-bond acceptors (Lipinski definition) is 4. The first-order chi connectivity index (χ1) is 2.41. The summed E-state index contributed by atoms with van der Waals surface area (Å²) < 4.78 is 0. The van der Waals surface area contributed by atoms with Gasteiger partial charge in [-0.25, -0.2) is 0 Å². The average molecular weight is 74.0 g/mol. The van der Waals surface area contributed by atoms with Crippen molar-refractivity contribution in [2.24, 2.45) is 0 Å². The Labute approximate surface area is 28.1 Å². The van der Waals surface area contributed by atoms with Gasteiger partial charge in [0.15, 0.2) is 0 Å². The van der Waals surface area contributed by atoms with Gasteiger partial charge in [0.25, 0.3) is 0 Å². The zero-order valence-corrected chi connectivity index (χ0v) is 2.42. The van der Waals surface area contributed by atoms with Crippen LogP contribution in [0.15, 0.2) is 0 Å². The largest absolute Gasteiger partial charge is 0.565 e. The third-order valence-corrected chi connectivity index (χ3v) is 0.115. The van der Waals surface area contributed by atoms with Gasteiger partial charge in [-0.1, -0.05) is 0 Å². The molecule has 0 aromatic carbocycles. The number of nitroso groups, excluding NO2 is 2. The van der Waals surface area contributed by atoms with Crippen LogP contribution in [0.3, 0.4) is 0 Å². The SMILES string of the molecule is O=[N+]C[N+]=O. The Balaban J connectivity index is 2.65. The first-order valence-electron chi connectivity index (χ1n) is 0.998. The molecule has 0 saturated carbocycles. The van der Waals surface area contributed by atoms with Crippen LogP contribution in [-0.2, 0) is 0 Å². The van der Waals surface area contributed by atoms with Crippen molar-refractivity contribution in [2.45, 2.75) is 0 Å². The van der Waals surface area contributed by atoms with E-state index in [-0.39, 0.29) is 0 Å². The summed E-state index contributed by atoms with van der Waals surface area (Å²) in [6, 6.07) is 0. The monoisotopic (exact) mass is 74.0 g/mol. The van der Waals surface area contributed by atoms with Gasteiger partial charge in [-0.2, -0.15) is 0 Å². The Morgan fingerprint density at radius 3 is 1.60 bits per heavy atom. The fourth-order valence-corrected chi connectivity index (χ4v) is 0.0236. The van der Waals surface area contributed by atoms with Gasteiger partial charge in [0.2, 0.25) is 0 Å². The highest BCUT2D eigenvalue weighted by Gasteiger charge is 2.03. The van der Waals surface area contributed by atoms with E-state index in [1.807, 2.05) is 0 Å².